The topological polar surface area (TPSA) is 78.9 Å². The Morgan fingerprint density at radius 1 is 1.33 bits per heavy atom. The quantitative estimate of drug-likeness (QED) is 0.703. The van der Waals surface area contributed by atoms with Crippen LogP contribution in [0, 0.1) is 10.8 Å². The summed E-state index contributed by atoms with van der Waals surface area (Å²) in [6, 6.07) is 4.89. The summed E-state index contributed by atoms with van der Waals surface area (Å²) in [6.45, 7) is 6.91. The molecule has 0 spiro atoms. The average Bonchev–Trinajstić information content (AvgIpc) is 2.97. The third-order valence-electron chi connectivity index (χ3n) is 5.18. The van der Waals surface area contributed by atoms with E-state index in [0.717, 1.165) is 25.9 Å². The van der Waals surface area contributed by atoms with E-state index in [1.54, 1.807) is 18.2 Å². The van der Waals surface area contributed by atoms with Crippen LogP contribution in [0.1, 0.15) is 26.7 Å². The van der Waals surface area contributed by atoms with Gasteiger partial charge in [0.2, 0.25) is 10.0 Å². The normalized spacial score (nSPS) is 19.2. The summed E-state index contributed by atoms with van der Waals surface area (Å²) >= 11 is 5.37. The van der Waals surface area contributed by atoms with Crippen molar-refractivity contribution in [3.8, 4) is 0 Å². The lowest BCUT2D eigenvalue weighted by atomic mass is 9.99. The van der Waals surface area contributed by atoms with Crippen LogP contribution in [0.4, 0.5) is 0 Å². The largest absolute Gasteiger partial charge is 0.429 e. The molecule has 0 amide bonds. The fourth-order valence-electron chi connectivity index (χ4n) is 3.68. The molecule has 2 aromatic rings. The molecule has 0 radical (unpaired) electrons. The van der Waals surface area contributed by atoms with E-state index in [9.17, 15) is 13.5 Å². The highest BCUT2D eigenvalue weighted by Gasteiger charge is 2.24. The molecule has 1 atom stereocenters. The Kier molecular flexibility index (Phi) is 6.37. The monoisotopic (exact) mass is 413 g/mol. The van der Waals surface area contributed by atoms with Crippen LogP contribution in [0.25, 0.3) is 11.1 Å². The molecule has 1 saturated heterocycles. The first kappa shape index (κ1) is 20.5. The number of fused-ring (bicyclic) bond motifs is 1. The van der Waals surface area contributed by atoms with Gasteiger partial charge in [-0.2, -0.15) is 4.31 Å². The Balaban J connectivity index is 1.97. The fourth-order valence-corrected chi connectivity index (χ4v) is 5.40. The molecule has 3 rings (SSSR count). The van der Waals surface area contributed by atoms with Crippen molar-refractivity contribution in [2.75, 3.05) is 32.8 Å². The lowest BCUT2D eigenvalue weighted by molar-refractivity contribution is 0.0981. The van der Waals surface area contributed by atoms with Gasteiger partial charge in [0.25, 0.3) is 4.84 Å². The zero-order chi connectivity index (χ0) is 19.6. The highest BCUT2D eigenvalue weighted by Crippen LogP contribution is 2.25. The Hall–Kier alpha value is -1.26. The molecule has 1 unspecified atom stereocenters. The van der Waals surface area contributed by atoms with Gasteiger partial charge in [-0.05, 0) is 55.7 Å². The first-order valence-corrected chi connectivity index (χ1v) is 11.2. The van der Waals surface area contributed by atoms with Gasteiger partial charge in [0.1, 0.15) is 0 Å². The van der Waals surface area contributed by atoms with Crippen molar-refractivity contribution in [2.24, 2.45) is 5.92 Å². The summed E-state index contributed by atoms with van der Waals surface area (Å²) in [5, 5.41) is 9.44. The van der Waals surface area contributed by atoms with E-state index in [1.807, 2.05) is 18.4 Å². The second kappa shape index (κ2) is 8.40. The number of oxazole rings is 1. The third-order valence-corrected chi connectivity index (χ3v) is 7.53. The van der Waals surface area contributed by atoms with Crippen molar-refractivity contribution >= 4 is 33.3 Å². The molecular weight excluding hydrogens is 386 g/mol. The van der Waals surface area contributed by atoms with Crippen molar-refractivity contribution in [3.63, 3.8) is 0 Å². The molecule has 1 fully saturated rings. The van der Waals surface area contributed by atoms with E-state index in [4.69, 9.17) is 16.6 Å². The van der Waals surface area contributed by atoms with Gasteiger partial charge in [0.15, 0.2) is 5.58 Å². The number of sulfonamides is 1. The predicted octanol–water partition coefficient (Wildman–Crippen LogP) is 2.66. The number of piperidine rings is 1. The summed E-state index contributed by atoms with van der Waals surface area (Å²) < 4.78 is 34.6. The minimum Gasteiger partial charge on any atom is -0.429 e. The van der Waals surface area contributed by atoms with E-state index in [1.165, 1.54) is 4.31 Å². The molecule has 27 heavy (non-hydrogen) atoms. The highest BCUT2D eigenvalue weighted by molar-refractivity contribution is 7.89. The van der Waals surface area contributed by atoms with E-state index in [0.29, 0.717) is 35.7 Å². The van der Waals surface area contributed by atoms with Gasteiger partial charge >= 0.3 is 0 Å². The summed E-state index contributed by atoms with van der Waals surface area (Å²) in [5.74, 6) is 0.268. The summed E-state index contributed by atoms with van der Waals surface area (Å²) in [6.07, 6.45) is 2.05. The van der Waals surface area contributed by atoms with Crippen molar-refractivity contribution in [1.29, 1.82) is 0 Å². The number of likely N-dealkylation sites (tertiary alicyclic amines) is 1. The standard InChI is InChI=1S/C18H27N3O4S2/c1-3-20(4-2)27(23,24)15-7-8-17-16(10-15)21(18(26)25-17)13-19-9-5-6-14(11-19)12-22/h7-8,10,14,22H,3-6,9,11-13H2,1-2H3. The molecule has 1 aliphatic rings. The number of rotatable bonds is 7. The van der Waals surface area contributed by atoms with Gasteiger partial charge in [-0.25, -0.2) is 8.42 Å². The van der Waals surface area contributed by atoms with Crippen molar-refractivity contribution < 1.29 is 17.9 Å². The second-order valence-corrected chi connectivity index (χ2v) is 9.21. The molecule has 1 N–H and O–H groups in total. The van der Waals surface area contributed by atoms with Crippen molar-refractivity contribution in [1.82, 2.24) is 13.8 Å². The van der Waals surface area contributed by atoms with E-state index in [-0.39, 0.29) is 17.4 Å². The van der Waals surface area contributed by atoms with Crippen LogP contribution in [-0.4, -0.2) is 60.1 Å². The van der Waals surface area contributed by atoms with Crippen molar-refractivity contribution in [2.45, 2.75) is 38.3 Å². The third kappa shape index (κ3) is 4.12. The summed E-state index contributed by atoms with van der Waals surface area (Å²) in [5.41, 5.74) is 1.26. The first-order chi connectivity index (χ1) is 12.9. The van der Waals surface area contributed by atoms with Gasteiger partial charge in [0, 0.05) is 26.2 Å². The molecule has 150 valence electrons. The molecule has 2 heterocycles. The maximum Gasteiger partial charge on any atom is 0.270 e. The van der Waals surface area contributed by atoms with E-state index in [2.05, 4.69) is 4.90 Å². The van der Waals surface area contributed by atoms with Gasteiger partial charge in [-0.1, -0.05) is 13.8 Å². The fraction of sp³-hybridized carbons (Fsp3) is 0.611. The first-order valence-electron chi connectivity index (χ1n) is 9.37. The number of benzene rings is 1. The SMILES string of the molecule is CCN(CC)S(=O)(=O)c1ccc2oc(=S)n(CN3CCCC(CO)C3)c2c1. The summed E-state index contributed by atoms with van der Waals surface area (Å²) in [4.78, 5) is 2.80. The van der Waals surface area contributed by atoms with Crippen LogP contribution < -0.4 is 0 Å². The predicted molar refractivity (Wildman–Crippen MR) is 107 cm³/mol. The van der Waals surface area contributed by atoms with Gasteiger partial charge in [-0.3, -0.25) is 9.47 Å². The molecule has 0 aliphatic carbocycles. The van der Waals surface area contributed by atoms with Crippen LogP contribution in [0.2, 0.25) is 0 Å². The van der Waals surface area contributed by atoms with Gasteiger partial charge in [0.05, 0.1) is 17.1 Å². The number of aromatic nitrogens is 1. The number of hydrogen-bond acceptors (Lipinski definition) is 6. The van der Waals surface area contributed by atoms with Crippen LogP contribution in [0.3, 0.4) is 0 Å². The number of aliphatic hydroxyl groups is 1. The maximum absolute atomic E-state index is 12.8. The lowest BCUT2D eigenvalue weighted by Gasteiger charge is -2.31. The van der Waals surface area contributed by atoms with Gasteiger partial charge in [-0.15, -0.1) is 0 Å². The molecule has 1 aliphatic heterocycles. The maximum atomic E-state index is 12.8. The molecule has 9 heteroatoms. The molecule has 0 saturated carbocycles. The average molecular weight is 414 g/mol. The molecule has 7 nitrogen and oxygen atoms in total. The molecule has 1 aromatic heterocycles. The Labute approximate surface area is 165 Å². The van der Waals surface area contributed by atoms with Crippen LogP contribution in [-0.2, 0) is 16.7 Å². The Morgan fingerprint density at radius 2 is 2.07 bits per heavy atom. The van der Waals surface area contributed by atoms with Gasteiger partial charge < -0.3 is 9.52 Å². The molecule has 1 aromatic carbocycles. The van der Waals surface area contributed by atoms with E-state index < -0.39 is 10.0 Å². The Bertz CT molecular complexity index is 947. The zero-order valence-corrected chi connectivity index (χ0v) is 17.4. The zero-order valence-electron chi connectivity index (χ0n) is 15.8. The van der Waals surface area contributed by atoms with Crippen molar-refractivity contribution in [3.05, 3.63) is 23.0 Å². The number of aliphatic hydroxyl groups excluding tert-OH is 1. The second-order valence-electron chi connectivity index (χ2n) is 6.92. The lowest BCUT2D eigenvalue weighted by Crippen LogP contribution is -2.37. The van der Waals surface area contributed by atoms with E-state index >= 15 is 0 Å². The highest BCUT2D eigenvalue weighted by atomic mass is 32.2. The molecular formula is C18H27N3O4S2. The van der Waals surface area contributed by atoms with Crippen LogP contribution in [0.5, 0.6) is 0 Å². The smallest absolute Gasteiger partial charge is 0.270 e. The Morgan fingerprint density at radius 3 is 2.74 bits per heavy atom. The van der Waals surface area contributed by atoms with Crippen LogP contribution >= 0.6 is 12.2 Å². The van der Waals surface area contributed by atoms with Crippen LogP contribution in [0.15, 0.2) is 27.5 Å². The summed E-state index contributed by atoms with van der Waals surface area (Å²) in [7, 11) is -3.55. The molecule has 0 bridgehead atoms. The minimum atomic E-state index is -3.55. The number of nitrogens with zero attached hydrogens (tertiary/aromatic N) is 3. The minimum absolute atomic E-state index is 0.181. The number of hydrogen-bond donors (Lipinski definition) is 1.